The van der Waals surface area contributed by atoms with Gasteiger partial charge in [0, 0.05) is 13.1 Å². The van der Waals surface area contributed by atoms with Crippen molar-refractivity contribution in [3.8, 4) is 22.6 Å². The first-order chi connectivity index (χ1) is 16.5. The second kappa shape index (κ2) is 10.8. The molecule has 0 heterocycles. The third kappa shape index (κ3) is 6.10. The van der Waals surface area contributed by atoms with Crippen LogP contribution in [0.5, 0.6) is 11.5 Å². The molecular weight excluding hydrogens is 450 g/mol. The van der Waals surface area contributed by atoms with Crippen LogP contribution in [0.25, 0.3) is 11.1 Å². The lowest BCUT2D eigenvalue weighted by atomic mass is 10.0. The first-order valence-corrected chi connectivity index (χ1v) is 11.7. The van der Waals surface area contributed by atoms with Crippen LogP contribution in [-0.2, 0) is 24.0 Å². The molecule has 0 atom stereocenters. The minimum atomic E-state index is -2.80. The Kier molecular flexibility index (Phi) is 7.37. The van der Waals surface area contributed by atoms with Gasteiger partial charge in [-0.1, -0.05) is 66.7 Å². The smallest absolute Gasteiger partial charge is 0.335 e. The molecule has 7 heteroatoms. The predicted octanol–water partition coefficient (Wildman–Crippen LogP) is 5.37. The highest BCUT2D eigenvalue weighted by atomic mass is 32.2. The summed E-state index contributed by atoms with van der Waals surface area (Å²) in [5.74, 6) is 0.508. The van der Waals surface area contributed by atoms with Gasteiger partial charge in [-0.05, 0) is 58.7 Å². The van der Waals surface area contributed by atoms with E-state index >= 15 is 0 Å². The lowest BCUT2D eigenvalue weighted by Crippen LogP contribution is -2.21. The van der Waals surface area contributed by atoms with Crippen molar-refractivity contribution in [2.24, 2.45) is 0 Å². The van der Waals surface area contributed by atoms with E-state index in [0.717, 1.165) is 33.8 Å². The van der Waals surface area contributed by atoms with Crippen molar-refractivity contribution in [2.45, 2.75) is 13.1 Å². The van der Waals surface area contributed by atoms with Crippen LogP contribution in [0.15, 0.2) is 103 Å². The number of carboxylic acids is 1. The van der Waals surface area contributed by atoms with Gasteiger partial charge in [0.25, 0.3) is 0 Å². The number of hydrogen-bond acceptors (Lipinski definition) is 4. The molecule has 0 aliphatic rings. The van der Waals surface area contributed by atoms with E-state index in [9.17, 15) is 13.2 Å². The number of hydrogen-bond donors (Lipinski definition) is 2. The Labute approximate surface area is 199 Å². The van der Waals surface area contributed by atoms with Gasteiger partial charge in [0.2, 0.25) is 10.9 Å². The molecular formula is C27H23NO5S. The lowest BCUT2D eigenvalue weighted by molar-refractivity contribution is 0.0697. The van der Waals surface area contributed by atoms with Gasteiger partial charge in [-0.25, -0.2) is 13.2 Å². The summed E-state index contributed by atoms with van der Waals surface area (Å²) in [6, 6.07) is 31.3. The summed E-state index contributed by atoms with van der Waals surface area (Å²) in [6.07, 6.45) is 0. The summed E-state index contributed by atoms with van der Waals surface area (Å²) >= 11 is 0. The molecule has 0 spiro atoms. The maximum Gasteiger partial charge on any atom is 0.335 e. The van der Waals surface area contributed by atoms with Gasteiger partial charge in [0.05, 0.1) is 5.56 Å². The first kappa shape index (κ1) is 23.2. The fraction of sp³-hybridized carbons (Fsp3) is 0.0741. The summed E-state index contributed by atoms with van der Waals surface area (Å²) in [4.78, 5) is 11.0. The van der Waals surface area contributed by atoms with Crippen LogP contribution in [0.1, 0.15) is 21.5 Å². The number of thiol groups is 1. The van der Waals surface area contributed by atoms with Crippen molar-refractivity contribution in [1.29, 1.82) is 0 Å². The molecule has 0 bridgehead atoms. The van der Waals surface area contributed by atoms with Crippen LogP contribution in [-0.4, -0.2) is 23.8 Å². The van der Waals surface area contributed by atoms with Crippen molar-refractivity contribution in [3.05, 3.63) is 120 Å². The molecule has 34 heavy (non-hydrogen) atoms. The number of ether oxygens (including phenoxy) is 1. The van der Waals surface area contributed by atoms with E-state index < -0.39 is 16.9 Å². The minimum absolute atomic E-state index is 0.164. The number of para-hydroxylation sites is 1. The molecule has 0 fully saturated rings. The van der Waals surface area contributed by atoms with E-state index in [1.165, 1.54) is 16.4 Å². The third-order valence-corrected chi connectivity index (χ3v) is 6.03. The Hall–Kier alpha value is -3.94. The SMILES string of the molecule is O=C(O)c1ccc(CN(Cc2ccc(-c3ccc(Oc4ccccc4)cc3)cc2)[SH](=O)=O)cc1. The number of benzene rings is 4. The monoisotopic (exact) mass is 473 g/mol. The zero-order valence-electron chi connectivity index (χ0n) is 18.2. The molecule has 172 valence electrons. The van der Waals surface area contributed by atoms with Crippen molar-refractivity contribution < 1.29 is 23.1 Å². The molecule has 0 radical (unpaired) electrons. The van der Waals surface area contributed by atoms with E-state index in [1.54, 1.807) is 12.1 Å². The molecule has 0 aliphatic carbocycles. The van der Waals surface area contributed by atoms with Crippen LogP contribution in [0.4, 0.5) is 0 Å². The highest BCUT2D eigenvalue weighted by Gasteiger charge is 2.11. The average Bonchev–Trinajstić information content (AvgIpc) is 2.85. The van der Waals surface area contributed by atoms with E-state index in [1.807, 2.05) is 78.9 Å². The Morgan fingerprint density at radius 3 is 1.65 bits per heavy atom. The van der Waals surface area contributed by atoms with Gasteiger partial charge < -0.3 is 9.84 Å². The molecule has 6 nitrogen and oxygen atoms in total. The average molecular weight is 474 g/mol. The highest BCUT2D eigenvalue weighted by Crippen LogP contribution is 2.26. The van der Waals surface area contributed by atoms with Crippen LogP contribution < -0.4 is 4.74 Å². The molecule has 4 aromatic rings. The molecule has 0 saturated heterocycles. The normalized spacial score (nSPS) is 11.0. The molecule has 4 rings (SSSR count). The predicted molar refractivity (Wildman–Crippen MR) is 131 cm³/mol. The summed E-state index contributed by atoms with van der Waals surface area (Å²) in [6.45, 7) is 0.396. The van der Waals surface area contributed by atoms with Gasteiger partial charge in [-0.2, -0.15) is 4.31 Å². The number of carboxylic acid groups (broad SMARTS) is 1. The minimum Gasteiger partial charge on any atom is -0.478 e. The summed E-state index contributed by atoms with van der Waals surface area (Å²) in [7, 11) is -2.80. The Balaban J connectivity index is 1.41. The van der Waals surface area contributed by atoms with Crippen LogP contribution in [0.2, 0.25) is 0 Å². The van der Waals surface area contributed by atoms with E-state index in [-0.39, 0.29) is 18.7 Å². The lowest BCUT2D eigenvalue weighted by Gasteiger charge is -2.16. The Morgan fingerprint density at radius 1 is 0.676 bits per heavy atom. The second-order valence-corrected chi connectivity index (χ2v) is 8.74. The number of aromatic carboxylic acids is 1. The van der Waals surface area contributed by atoms with E-state index in [0.29, 0.717) is 0 Å². The van der Waals surface area contributed by atoms with Crippen molar-refractivity contribution in [2.75, 3.05) is 0 Å². The molecule has 0 aliphatic heterocycles. The summed E-state index contributed by atoms with van der Waals surface area (Å²) < 4.78 is 30.7. The fourth-order valence-electron chi connectivity index (χ4n) is 3.49. The van der Waals surface area contributed by atoms with Crippen LogP contribution >= 0.6 is 0 Å². The second-order valence-electron chi connectivity index (χ2n) is 7.70. The maximum atomic E-state index is 11.8. The largest absolute Gasteiger partial charge is 0.478 e. The topological polar surface area (TPSA) is 83.9 Å². The van der Waals surface area contributed by atoms with Gasteiger partial charge in [0.1, 0.15) is 11.5 Å². The van der Waals surface area contributed by atoms with Crippen LogP contribution in [0, 0.1) is 0 Å². The molecule has 0 amide bonds. The first-order valence-electron chi connectivity index (χ1n) is 10.6. The molecule has 0 saturated carbocycles. The zero-order chi connectivity index (χ0) is 23.9. The zero-order valence-corrected chi connectivity index (χ0v) is 19.1. The van der Waals surface area contributed by atoms with Crippen molar-refractivity contribution in [1.82, 2.24) is 4.31 Å². The number of nitrogens with zero attached hydrogens (tertiary/aromatic N) is 1. The number of carbonyl (C=O) groups is 1. The molecule has 0 unspecified atom stereocenters. The number of rotatable bonds is 9. The van der Waals surface area contributed by atoms with Gasteiger partial charge in [0.15, 0.2) is 0 Å². The van der Waals surface area contributed by atoms with Crippen LogP contribution in [0.3, 0.4) is 0 Å². The summed E-state index contributed by atoms with van der Waals surface area (Å²) in [5.41, 5.74) is 3.78. The Bertz CT molecular complexity index is 1310. The maximum absolute atomic E-state index is 11.8. The van der Waals surface area contributed by atoms with Gasteiger partial charge in [-0.3, -0.25) is 0 Å². The molecule has 4 aromatic carbocycles. The van der Waals surface area contributed by atoms with E-state index in [2.05, 4.69) is 0 Å². The fourth-order valence-corrected chi connectivity index (χ4v) is 4.05. The highest BCUT2D eigenvalue weighted by molar-refractivity contribution is 7.69. The van der Waals surface area contributed by atoms with Gasteiger partial charge in [-0.15, -0.1) is 0 Å². The van der Waals surface area contributed by atoms with Crippen molar-refractivity contribution in [3.63, 3.8) is 0 Å². The van der Waals surface area contributed by atoms with Crippen molar-refractivity contribution >= 4 is 16.9 Å². The quantitative estimate of drug-likeness (QED) is 0.319. The Morgan fingerprint density at radius 2 is 1.15 bits per heavy atom. The van der Waals surface area contributed by atoms with E-state index in [4.69, 9.17) is 9.84 Å². The van der Waals surface area contributed by atoms with Gasteiger partial charge >= 0.3 is 5.97 Å². The standard InChI is InChI=1S/C27H23NO5S/c29-27(30)24-12-8-21(9-13-24)19-28(34(31)32)18-20-6-10-22(11-7-20)23-14-16-26(17-15-23)33-25-4-2-1-3-5-25/h1-17,34H,18-19H2,(H,29,30). The molecule has 1 N–H and O–H groups in total. The molecule has 0 aromatic heterocycles. The third-order valence-electron chi connectivity index (χ3n) is 5.28. The summed E-state index contributed by atoms with van der Waals surface area (Å²) in [5, 5.41) is 9.01.